The van der Waals surface area contributed by atoms with Gasteiger partial charge in [-0.1, -0.05) is 55.0 Å². The lowest BCUT2D eigenvalue weighted by Crippen LogP contribution is -2.47. The maximum absolute atomic E-state index is 13.7. The van der Waals surface area contributed by atoms with Gasteiger partial charge in [0.05, 0.1) is 0 Å². The first-order valence-corrected chi connectivity index (χ1v) is 15.2. The minimum Gasteiger partial charge on any atom is -0.369 e. The Morgan fingerprint density at radius 3 is 2.12 bits per heavy atom. The Bertz CT molecular complexity index is 1470. The van der Waals surface area contributed by atoms with E-state index in [1.54, 1.807) is 11.3 Å². The van der Waals surface area contributed by atoms with Crippen LogP contribution in [0.5, 0.6) is 0 Å². The highest BCUT2D eigenvalue weighted by atomic mass is 32.1. The molecule has 0 radical (unpaired) electrons. The molecule has 42 heavy (non-hydrogen) atoms. The van der Waals surface area contributed by atoms with E-state index in [1.165, 1.54) is 5.69 Å². The van der Waals surface area contributed by atoms with E-state index in [-0.39, 0.29) is 0 Å². The average Bonchev–Trinajstić information content (AvgIpc) is 3.65. The second kappa shape index (κ2) is 11.9. The summed E-state index contributed by atoms with van der Waals surface area (Å²) in [7, 11) is 0. The van der Waals surface area contributed by atoms with Gasteiger partial charge in [0.1, 0.15) is 17.0 Å². The molecule has 1 N–H and O–H groups in total. The fourth-order valence-corrected chi connectivity index (χ4v) is 7.06. The summed E-state index contributed by atoms with van der Waals surface area (Å²) >= 11 is 1.63. The van der Waals surface area contributed by atoms with Crippen molar-refractivity contribution in [3.8, 4) is 21.7 Å². The third-order valence-corrected chi connectivity index (χ3v) is 9.28. The molecular formula is C33H33F3N4OS. The van der Waals surface area contributed by atoms with Crippen LogP contribution in [0.2, 0.25) is 0 Å². The van der Waals surface area contributed by atoms with Crippen molar-refractivity contribution in [3.05, 3.63) is 95.5 Å². The van der Waals surface area contributed by atoms with Crippen LogP contribution in [0.25, 0.3) is 21.7 Å². The molecule has 1 aliphatic heterocycles. The number of carbonyl (C=O) groups excluding carboxylic acids is 1. The van der Waals surface area contributed by atoms with Crippen LogP contribution in [0.3, 0.4) is 0 Å². The molecule has 218 valence electrons. The van der Waals surface area contributed by atoms with E-state index in [0.29, 0.717) is 6.42 Å². The van der Waals surface area contributed by atoms with E-state index < -0.39 is 24.0 Å². The standard InChI is InChI=1S/C33H33F3N4OS/c34-33(35,36)23-38-31(41)32(28-9-3-1-7-26(28)27-8-2-4-10-29(27)32)15-5-6-17-39-18-20-40(21-19-39)25-13-11-24(12-14-25)30-37-16-22-42-30/h1-4,7-14,16,22H,5-6,15,17-21,23H2,(H,38,41). The molecule has 1 aromatic heterocycles. The number of thiazole rings is 1. The van der Waals surface area contributed by atoms with Crippen LogP contribution in [0.15, 0.2) is 84.4 Å². The summed E-state index contributed by atoms with van der Waals surface area (Å²) in [5.41, 5.74) is 4.63. The third-order valence-electron chi connectivity index (χ3n) is 8.46. The lowest BCUT2D eigenvalue weighted by atomic mass is 9.73. The van der Waals surface area contributed by atoms with E-state index in [9.17, 15) is 18.0 Å². The molecular weight excluding hydrogens is 557 g/mol. The van der Waals surface area contributed by atoms with Crippen LogP contribution < -0.4 is 10.2 Å². The quantitative estimate of drug-likeness (QED) is 0.219. The number of fused-ring (bicyclic) bond motifs is 3. The normalized spacial score (nSPS) is 16.2. The van der Waals surface area contributed by atoms with Crippen molar-refractivity contribution >= 4 is 22.9 Å². The van der Waals surface area contributed by atoms with Crippen molar-refractivity contribution in [1.29, 1.82) is 0 Å². The number of nitrogens with one attached hydrogen (secondary N) is 1. The van der Waals surface area contributed by atoms with Crippen LogP contribution in [-0.4, -0.2) is 61.2 Å². The van der Waals surface area contributed by atoms with E-state index in [4.69, 9.17) is 0 Å². The number of unbranched alkanes of at least 4 members (excludes halogenated alkanes) is 1. The molecule has 9 heteroatoms. The number of benzene rings is 3. The summed E-state index contributed by atoms with van der Waals surface area (Å²) in [4.78, 5) is 22.9. The van der Waals surface area contributed by atoms with Crippen LogP contribution in [0.1, 0.15) is 30.4 Å². The number of aromatic nitrogens is 1. The van der Waals surface area contributed by atoms with E-state index >= 15 is 0 Å². The number of alkyl halides is 3. The zero-order valence-corrected chi connectivity index (χ0v) is 24.1. The fraction of sp³-hybridized carbons (Fsp3) is 0.333. The lowest BCUT2D eigenvalue weighted by molar-refractivity contribution is -0.141. The Hall–Kier alpha value is -3.69. The Kier molecular flexibility index (Phi) is 8.05. The smallest absolute Gasteiger partial charge is 0.369 e. The number of amides is 1. The SMILES string of the molecule is O=C(NCC(F)(F)F)C1(CCCCN2CCN(c3ccc(-c4nccs4)cc3)CC2)c2ccccc2-c2ccccc21. The van der Waals surface area contributed by atoms with Crippen LogP contribution >= 0.6 is 11.3 Å². The maximum Gasteiger partial charge on any atom is 0.405 e. The number of carbonyl (C=O) groups is 1. The van der Waals surface area contributed by atoms with Gasteiger partial charge in [-0.25, -0.2) is 4.98 Å². The molecule has 2 aliphatic rings. The topological polar surface area (TPSA) is 48.5 Å². The molecule has 0 atom stereocenters. The largest absolute Gasteiger partial charge is 0.405 e. The molecule has 0 spiro atoms. The Balaban J connectivity index is 1.09. The van der Waals surface area contributed by atoms with Gasteiger partial charge < -0.3 is 10.2 Å². The molecule has 5 nitrogen and oxygen atoms in total. The summed E-state index contributed by atoms with van der Waals surface area (Å²) in [6, 6.07) is 23.8. The number of hydrogen-bond acceptors (Lipinski definition) is 5. The molecule has 1 aliphatic carbocycles. The lowest BCUT2D eigenvalue weighted by Gasteiger charge is -2.36. The first-order chi connectivity index (χ1) is 20.3. The molecule has 6 rings (SSSR count). The summed E-state index contributed by atoms with van der Waals surface area (Å²) in [6.45, 7) is 3.30. The van der Waals surface area contributed by atoms with Crippen molar-refractivity contribution in [2.75, 3.05) is 44.2 Å². The molecule has 2 heterocycles. The zero-order valence-electron chi connectivity index (χ0n) is 23.2. The molecule has 0 bridgehead atoms. The minimum absolute atomic E-state index is 0.454. The van der Waals surface area contributed by atoms with Gasteiger partial charge in [-0.05, 0) is 65.9 Å². The van der Waals surface area contributed by atoms with Gasteiger partial charge in [-0.15, -0.1) is 11.3 Å². The molecule has 0 unspecified atom stereocenters. The maximum atomic E-state index is 13.7. The van der Waals surface area contributed by atoms with Gasteiger partial charge in [-0.3, -0.25) is 9.69 Å². The molecule has 1 amide bonds. The van der Waals surface area contributed by atoms with Crippen molar-refractivity contribution in [3.63, 3.8) is 0 Å². The van der Waals surface area contributed by atoms with Crippen molar-refractivity contribution in [1.82, 2.24) is 15.2 Å². The van der Waals surface area contributed by atoms with Crippen LogP contribution in [0.4, 0.5) is 18.9 Å². The number of nitrogens with zero attached hydrogens (tertiary/aromatic N) is 3. The van der Waals surface area contributed by atoms with E-state index in [0.717, 1.165) is 78.4 Å². The number of anilines is 1. The van der Waals surface area contributed by atoms with Crippen LogP contribution in [0, 0.1) is 0 Å². The molecule has 1 saturated heterocycles. The highest BCUT2D eigenvalue weighted by Gasteiger charge is 2.49. The van der Waals surface area contributed by atoms with E-state index in [1.807, 2.05) is 60.1 Å². The van der Waals surface area contributed by atoms with Crippen molar-refractivity contribution < 1.29 is 18.0 Å². The van der Waals surface area contributed by atoms with Gasteiger partial charge >= 0.3 is 6.18 Å². The summed E-state index contributed by atoms with van der Waals surface area (Å²) in [5, 5.41) is 5.23. The van der Waals surface area contributed by atoms with Gasteiger partial charge in [-0.2, -0.15) is 13.2 Å². The Morgan fingerprint density at radius 2 is 1.52 bits per heavy atom. The molecule has 3 aromatic carbocycles. The summed E-state index contributed by atoms with van der Waals surface area (Å²) in [5.74, 6) is -0.577. The minimum atomic E-state index is -4.47. The highest BCUT2D eigenvalue weighted by Crippen LogP contribution is 2.51. The highest BCUT2D eigenvalue weighted by molar-refractivity contribution is 7.13. The second-order valence-corrected chi connectivity index (χ2v) is 11.9. The van der Waals surface area contributed by atoms with Gasteiger partial charge in [0.2, 0.25) is 5.91 Å². The second-order valence-electron chi connectivity index (χ2n) is 11.0. The first kappa shape index (κ1) is 28.4. The Morgan fingerprint density at radius 1 is 0.881 bits per heavy atom. The predicted octanol–water partition coefficient (Wildman–Crippen LogP) is 6.75. The van der Waals surface area contributed by atoms with Gasteiger partial charge in [0.25, 0.3) is 0 Å². The monoisotopic (exact) mass is 590 g/mol. The molecule has 0 saturated carbocycles. The van der Waals surface area contributed by atoms with E-state index in [2.05, 4.69) is 44.4 Å². The Labute approximate surface area is 248 Å². The van der Waals surface area contributed by atoms with Crippen molar-refractivity contribution in [2.24, 2.45) is 0 Å². The first-order valence-electron chi connectivity index (χ1n) is 14.4. The average molecular weight is 591 g/mol. The molecule has 4 aromatic rings. The fourth-order valence-electron chi connectivity index (χ4n) is 6.42. The summed E-state index contributed by atoms with van der Waals surface area (Å²) < 4.78 is 39.4. The predicted molar refractivity (Wildman–Crippen MR) is 162 cm³/mol. The number of rotatable bonds is 9. The van der Waals surface area contributed by atoms with Gasteiger partial charge in [0, 0.05) is 49.0 Å². The number of hydrogen-bond donors (Lipinski definition) is 1. The third kappa shape index (κ3) is 5.68. The van der Waals surface area contributed by atoms with Crippen molar-refractivity contribution in [2.45, 2.75) is 30.9 Å². The zero-order chi connectivity index (χ0) is 29.2. The van der Waals surface area contributed by atoms with Crippen LogP contribution in [-0.2, 0) is 10.2 Å². The van der Waals surface area contributed by atoms with Gasteiger partial charge in [0.15, 0.2) is 0 Å². The summed E-state index contributed by atoms with van der Waals surface area (Å²) in [6.07, 6.45) is -0.612. The number of halogens is 3. The number of piperazine rings is 1. The molecule has 1 fully saturated rings.